The normalized spacial score (nSPS) is 21.5. The van der Waals surface area contributed by atoms with Crippen molar-refractivity contribution in [1.82, 2.24) is 9.88 Å². The molecule has 0 amide bonds. The molecule has 0 radical (unpaired) electrons. The van der Waals surface area contributed by atoms with E-state index in [-0.39, 0.29) is 6.10 Å². The van der Waals surface area contributed by atoms with Crippen molar-refractivity contribution >= 4 is 0 Å². The molecule has 1 aliphatic rings. The molecule has 0 saturated carbocycles. The number of aliphatic hydroxyl groups excluding tert-OH is 1. The van der Waals surface area contributed by atoms with Crippen LogP contribution in [-0.2, 0) is 6.54 Å². The molecule has 1 atom stereocenters. The van der Waals surface area contributed by atoms with Crippen LogP contribution in [0.1, 0.15) is 17.7 Å². The molecule has 1 N–H and O–H groups in total. The van der Waals surface area contributed by atoms with Crippen molar-refractivity contribution in [2.24, 2.45) is 0 Å². The standard InChI is InChI=1S/C11H13N3O/c12-6-10-5-9(1-3-13-10)7-14-4-2-11(15)8-14/h1,3,5,11,15H,2,4,7-8H2/t11-/m0/s1. The molecule has 1 aliphatic heterocycles. The van der Waals surface area contributed by atoms with Gasteiger partial charge in [0.15, 0.2) is 0 Å². The largest absolute Gasteiger partial charge is 0.392 e. The highest BCUT2D eigenvalue weighted by Crippen LogP contribution is 2.13. The molecule has 0 aromatic carbocycles. The molecule has 2 heterocycles. The first-order valence-electron chi connectivity index (χ1n) is 5.03. The van der Waals surface area contributed by atoms with E-state index in [1.807, 2.05) is 12.1 Å². The highest BCUT2D eigenvalue weighted by Gasteiger charge is 2.19. The van der Waals surface area contributed by atoms with Crippen LogP contribution in [0.2, 0.25) is 0 Å². The van der Waals surface area contributed by atoms with E-state index in [0.717, 1.165) is 31.6 Å². The van der Waals surface area contributed by atoms with E-state index in [2.05, 4.69) is 9.88 Å². The maximum Gasteiger partial charge on any atom is 0.140 e. The van der Waals surface area contributed by atoms with Crippen molar-refractivity contribution < 1.29 is 5.11 Å². The lowest BCUT2D eigenvalue weighted by Gasteiger charge is -2.14. The molecule has 1 saturated heterocycles. The molecule has 78 valence electrons. The van der Waals surface area contributed by atoms with E-state index in [1.165, 1.54) is 0 Å². The number of aromatic nitrogens is 1. The van der Waals surface area contributed by atoms with Gasteiger partial charge in [0.25, 0.3) is 0 Å². The van der Waals surface area contributed by atoms with Crippen LogP contribution in [0.5, 0.6) is 0 Å². The highest BCUT2D eigenvalue weighted by atomic mass is 16.3. The third-order valence-electron chi connectivity index (χ3n) is 2.59. The van der Waals surface area contributed by atoms with Crippen LogP contribution in [0, 0.1) is 11.3 Å². The van der Waals surface area contributed by atoms with Crippen LogP contribution < -0.4 is 0 Å². The first-order valence-corrected chi connectivity index (χ1v) is 5.03. The summed E-state index contributed by atoms with van der Waals surface area (Å²) < 4.78 is 0. The molecular weight excluding hydrogens is 190 g/mol. The molecular formula is C11H13N3O. The summed E-state index contributed by atoms with van der Waals surface area (Å²) in [6, 6.07) is 5.73. The van der Waals surface area contributed by atoms with Gasteiger partial charge in [0, 0.05) is 25.8 Å². The third-order valence-corrected chi connectivity index (χ3v) is 2.59. The van der Waals surface area contributed by atoms with Crippen LogP contribution in [-0.4, -0.2) is 34.2 Å². The van der Waals surface area contributed by atoms with E-state index in [4.69, 9.17) is 5.26 Å². The van der Waals surface area contributed by atoms with Gasteiger partial charge in [-0.1, -0.05) is 0 Å². The van der Waals surface area contributed by atoms with Gasteiger partial charge in [-0.25, -0.2) is 4.98 Å². The Hall–Kier alpha value is -1.44. The number of likely N-dealkylation sites (tertiary alicyclic amines) is 1. The minimum absolute atomic E-state index is 0.192. The topological polar surface area (TPSA) is 60.2 Å². The lowest BCUT2D eigenvalue weighted by molar-refractivity contribution is 0.175. The predicted octanol–water partition coefficient (Wildman–Crippen LogP) is 0.520. The number of hydrogen-bond donors (Lipinski definition) is 1. The highest BCUT2D eigenvalue weighted by molar-refractivity contribution is 5.25. The van der Waals surface area contributed by atoms with E-state index < -0.39 is 0 Å². The number of pyridine rings is 1. The average Bonchev–Trinajstić information content (AvgIpc) is 2.64. The lowest BCUT2D eigenvalue weighted by Crippen LogP contribution is -2.21. The van der Waals surface area contributed by atoms with Crippen molar-refractivity contribution in [2.75, 3.05) is 13.1 Å². The van der Waals surface area contributed by atoms with Gasteiger partial charge in [0.1, 0.15) is 11.8 Å². The van der Waals surface area contributed by atoms with E-state index >= 15 is 0 Å². The SMILES string of the molecule is N#Cc1cc(CN2CC[C@H](O)C2)ccn1. The summed E-state index contributed by atoms with van der Waals surface area (Å²) in [5, 5.41) is 18.1. The molecule has 0 unspecified atom stereocenters. The molecule has 1 aromatic heterocycles. The summed E-state index contributed by atoms with van der Waals surface area (Å²) in [4.78, 5) is 6.10. The molecule has 2 rings (SSSR count). The van der Waals surface area contributed by atoms with E-state index in [0.29, 0.717) is 5.69 Å². The Morgan fingerprint density at radius 3 is 3.20 bits per heavy atom. The zero-order valence-corrected chi connectivity index (χ0v) is 8.43. The van der Waals surface area contributed by atoms with Gasteiger partial charge in [-0.2, -0.15) is 5.26 Å². The summed E-state index contributed by atoms with van der Waals surface area (Å²) in [7, 11) is 0. The van der Waals surface area contributed by atoms with Crippen molar-refractivity contribution in [3.05, 3.63) is 29.6 Å². The number of aliphatic hydroxyl groups is 1. The van der Waals surface area contributed by atoms with Gasteiger partial charge in [-0.3, -0.25) is 4.90 Å². The maximum atomic E-state index is 9.37. The fraction of sp³-hybridized carbons (Fsp3) is 0.455. The summed E-state index contributed by atoms with van der Waals surface area (Å²) in [6.07, 6.45) is 2.30. The third kappa shape index (κ3) is 2.52. The summed E-state index contributed by atoms with van der Waals surface area (Å²) >= 11 is 0. The van der Waals surface area contributed by atoms with Gasteiger partial charge < -0.3 is 5.11 Å². The van der Waals surface area contributed by atoms with Crippen molar-refractivity contribution in [2.45, 2.75) is 19.1 Å². The zero-order valence-electron chi connectivity index (χ0n) is 8.43. The first kappa shape index (κ1) is 10.1. The molecule has 0 aliphatic carbocycles. The fourth-order valence-corrected chi connectivity index (χ4v) is 1.85. The molecule has 15 heavy (non-hydrogen) atoms. The summed E-state index contributed by atoms with van der Waals surface area (Å²) in [5.41, 5.74) is 1.53. The van der Waals surface area contributed by atoms with Crippen molar-refractivity contribution in [1.29, 1.82) is 5.26 Å². The maximum absolute atomic E-state index is 9.37. The zero-order chi connectivity index (χ0) is 10.7. The molecule has 4 nitrogen and oxygen atoms in total. The summed E-state index contributed by atoms with van der Waals surface area (Å²) in [6.45, 7) is 2.43. The number of β-amino-alcohol motifs (C(OH)–C–C–N with tert-alkyl or cyclic N) is 1. The second kappa shape index (κ2) is 4.39. The Kier molecular flexibility index (Phi) is 2.95. The van der Waals surface area contributed by atoms with E-state index in [1.54, 1.807) is 12.3 Å². The van der Waals surface area contributed by atoms with Crippen molar-refractivity contribution in [3.63, 3.8) is 0 Å². The molecule has 0 bridgehead atoms. The van der Waals surface area contributed by atoms with Gasteiger partial charge in [0.05, 0.1) is 6.10 Å². The van der Waals surface area contributed by atoms with Gasteiger partial charge in [-0.15, -0.1) is 0 Å². The second-order valence-electron chi connectivity index (χ2n) is 3.84. The number of hydrogen-bond acceptors (Lipinski definition) is 4. The second-order valence-corrected chi connectivity index (χ2v) is 3.84. The van der Waals surface area contributed by atoms with Crippen LogP contribution >= 0.6 is 0 Å². The molecule has 0 spiro atoms. The number of nitriles is 1. The predicted molar refractivity (Wildman–Crippen MR) is 54.9 cm³/mol. The summed E-state index contributed by atoms with van der Waals surface area (Å²) in [5.74, 6) is 0. The Morgan fingerprint density at radius 1 is 1.67 bits per heavy atom. The minimum atomic E-state index is -0.192. The van der Waals surface area contributed by atoms with Gasteiger partial charge >= 0.3 is 0 Å². The smallest absolute Gasteiger partial charge is 0.140 e. The van der Waals surface area contributed by atoms with Crippen LogP contribution in [0.25, 0.3) is 0 Å². The Labute approximate surface area is 88.8 Å². The van der Waals surface area contributed by atoms with E-state index in [9.17, 15) is 5.11 Å². The first-order chi connectivity index (χ1) is 7.28. The van der Waals surface area contributed by atoms with Crippen LogP contribution in [0.15, 0.2) is 18.3 Å². The van der Waals surface area contributed by atoms with Crippen molar-refractivity contribution in [3.8, 4) is 6.07 Å². The average molecular weight is 203 g/mol. The quantitative estimate of drug-likeness (QED) is 0.761. The minimum Gasteiger partial charge on any atom is -0.392 e. The van der Waals surface area contributed by atoms with Crippen LogP contribution in [0.3, 0.4) is 0 Å². The van der Waals surface area contributed by atoms with Gasteiger partial charge in [-0.05, 0) is 24.1 Å². The monoisotopic (exact) mass is 203 g/mol. The molecule has 1 aromatic rings. The number of rotatable bonds is 2. The Morgan fingerprint density at radius 2 is 2.53 bits per heavy atom. The van der Waals surface area contributed by atoms with Gasteiger partial charge in [0.2, 0.25) is 0 Å². The number of nitrogens with zero attached hydrogens (tertiary/aromatic N) is 3. The van der Waals surface area contributed by atoms with Crippen LogP contribution in [0.4, 0.5) is 0 Å². The fourth-order valence-electron chi connectivity index (χ4n) is 1.85. The molecule has 1 fully saturated rings. The Balaban J connectivity index is 2.02. The molecule has 4 heteroatoms. The lowest BCUT2D eigenvalue weighted by atomic mass is 10.2. The Bertz CT molecular complexity index is 386.